The molecule has 1 aliphatic carbocycles. The van der Waals surface area contributed by atoms with E-state index in [9.17, 15) is 9.59 Å². The Kier molecular flexibility index (Phi) is 4.55. The minimum Gasteiger partial charge on any atom is -0.355 e. The smallest absolute Gasteiger partial charge is 0.236 e. The van der Waals surface area contributed by atoms with E-state index in [4.69, 9.17) is 0 Å². The first-order valence-electron chi connectivity index (χ1n) is 5.27. The SMILES string of the molecule is CN(C)C(=O)CNCC(=O)NCC1CC1. The second-order valence-corrected chi connectivity index (χ2v) is 4.14. The van der Waals surface area contributed by atoms with Crippen molar-refractivity contribution in [2.75, 3.05) is 33.7 Å². The van der Waals surface area contributed by atoms with E-state index in [1.54, 1.807) is 14.1 Å². The molecule has 0 atom stereocenters. The van der Waals surface area contributed by atoms with Gasteiger partial charge in [-0.25, -0.2) is 0 Å². The zero-order valence-corrected chi connectivity index (χ0v) is 9.38. The Morgan fingerprint density at radius 2 is 1.93 bits per heavy atom. The Morgan fingerprint density at radius 3 is 2.47 bits per heavy atom. The number of carbonyl (C=O) groups excluding carboxylic acids is 2. The molecule has 0 spiro atoms. The molecule has 86 valence electrons. The van der Waals surface area contributed by atoms with E-state index in [-0.39, 0.29) is 24.9 Å². The van der Waals surface area contributed by atoms with E-state index in [1.165, 1.54) is 17.7 Å². The number of nitrogens with zero attached hydrogens (tertiary/aromatic N) is 1. The van der Waals surface area contributed by atoms with Gasteiger partial charge in [0, 0.05) is 20.6 Å². The van der Waals surface area contributed by atoms with Crippen LogP contribution < -0.4 is 10.6 Å². The van der Waals surface area contributed by atoms with Crippen LogP contribution in [0, 0.1) is 5.92 Å². The van der Waals surface area contributed by atoms with Crippen LogP contribution in [0.4, 0.5) is 0 Å². The van der Waals surface area contributed by atoms with E-state index in [2.05, 4.69) is 10.6 Å². The largest absolute Gasteiger partial charge is 0.355 e. The van der Waals surface area contributed by atoms with Gasteiger partial charge in [-0.1, -0.05) is 0 Å². The summed E-state index contributed by atoms with van der Waals surface area (Å²) in [7, 11) is 3.38. The van der Waals surface area contributed by atoms with Crippen molar-refractivity contribution in [1.29, 1.82) is 0 Å². The number of amides is 2. The van der Waals surface area contributed by atoms with Crippen LogP contribution in [-0.4, -0.2) is 50.4 Å². The van der Waals surface area contributed by atoms with Crippen molar-refractivity contribution < 1.29 is 9.59 Å². The summed E-state index contributed by atoms with van der Waals surface area (Å²) in [5.74, 6) is 0.635. The molecule has 0 unspecified atom stereocenters. The molecule has 1 rings (SSSR count). The van der Waals surface area contributed by atoms with E-state index >= 15 is 0 Å². The van der Waals surface area contributed by atoms with Gasteiger partial charge in [-0.3, -0.25) is 14.9 Å². The Balaban J connectivity index is 1.98. The molecule has 0 saturated heterocycles. The first kappa shape index (κ1) is 12.0. The fourth-order valence-electron chi connectivity index (χ4n) is 1.08. The lowest BCUT2D eigenvalue weighted by Crippen LogP contribution is -2.39. The van der Waals surface area contributed by atoms with Crippen molar-refractivity contribution >= 4 is 11.8 Å². The van der Waals surface area contributed by atoms with Crippen molar-refractivity contribution in [2.45, 2.75) is 12.8 Å². The fourth-order valence-corrected chi connectivity index (χ4v) is 1.08. The second-order valence-electron chi connectivity index (χ2n) is 4.14. The topological polar surface area (TPSA) is 61.4 Å². The van der Waals surface area contributed by atoms with E-state index in [0.29, 0.717) is 5.92 Å². The summed E-state index contributed by atoms with van der Waals surface area (Å²) in [6.07, 6.45) is 2.46. The van der Waals surface area contributed by atoms with E-state index in [1.807, 2.05) is 0 Å². The van der Waals surface area contributed by atoms with Gasteiger partial charge in [0.2, 0.25) is 11.8 Å². The summed E-state index contributed by atoms with van der Waals surface area (Å²) in [6.45, 7) is 1.21. The van der Waals surface area contributed by atoms with Crippen molar-refractivity contribution in [3.05, 3.63) is 0 Å². The Bertz CT molecular complexity index is 237. The van der Waals surface area contributed by atoms with Crippen molar-refractivity contribution in [3.8, 4) is 0 Å². The van der Waals surface area contributed by atoms with Gasteiger partial charge in [-0.05, 0) is 18.8 Å². The molecule has 15 heavy (non-hydrogen) atoms. The number of hydrogen-bond donors (Lipinski definition) is 2. The van der Waals surface area contributed by atoms with E-state index < -0.39 is 0 Å². The molecule has 2 N–H and O–H groups in total. The van der Waals surface area contributed by atoms with Gasteiger partial charge >= 0.3 is 0 Å². The molecule has 0 aromatic heterocycles. The Labute approximate surface area is 90.2 Å². The maximum absolute atomic E-state index is 11.2. The Morgan fingerprint density at radius 1 is 1.27 bits per heavy atom. The third kappa shape index (κ3) is 5.37. The number of likely N-dealkylation sites (N-methyl/N-ethyl adjacent to an activating group) is 1. The fraction of sp³-hybridized carbons (Fsp3) is 0.800. The number of hydrogen-bond acceptors (Lipinski definition) is 3. The van der Waals surface area contributed by atoms with Crippen molar-refractivity contribution in [2.24, 2.45) is 5.92 Å². The Hall–Kier alpha value is -1.10. The molecule has 5 heteroatoms. The molecule has 0 bridgehead atoms. The van der Waals surface area contributed by atoms with Gasteiger partial charge < -0.3 is 10.2 Å². The van der Waals surface area contributed by atoms with Gasteiger partial charge in [-0.2, -0.15) is 0 Å². The van der Waals surface area contributed by atoms with Crippen LogP contribution in [0.25, 0.3) is 0 Å². The standard InChI is InChI=1S/C10H19N3O2/c1-13(2)10(15)7-11-6-9(14)12-5-8-3-4-8/h8,11H,3-7H2,1-2H3,(H,12,14). The van der Waals surface area contributed by atoms with Crippen LogP contribution in [0.15, 0.2) is 0 Å². The van der Waals surface area contributed by atoms with Crippen LogP contribution in [-0.2, 0) is 9.59 Å². The van der Waals surface area contributed by atoms with Gasteiger partial charge in [0.25, 0.3) is 0 Å². The second kappa shape index (κ2) is 5.70. The van der Waals surface area contributed by atoms with Crippen LogP contribution in [0.1, 0.15) is 12.8 Å². The number of rotatable bonds is 6. The highest BCUT2D eigenvalue weighted by atomic mass is 16.2. The van der Waals surface area contributed by atoms with Crippen LogP contribution >= 0.6 is 0 Å². The average molecular weight is 213 g/mol. The zero-order valence-electron chi connectivity index (χ0n) is 9.38. The van der Waals surface area contributed by atoms with Crippen LogP contribution in [0.2, 0.25) is 0 Å². The average Bonchev–Trinajstić information content (AvgIpc) is 2.97. The third-order valence-corrected chi connectivity index (χ3v) is 2.35. The van der Waals surface area contributed by atoms with Gasteiger partial charge in [0.15, 0.2) is 0 Å². The maximum Gasteiger partial charge on any atom is 0.236 e. The minimum absolute atomic E-state index is 0.0232. The highest BCUT2D eigenvalue weighted by molar-refractivity contribution is 5.80. The van der Waals surface area contributed by atoms with Gasteiger partial charge in [-0.15, -0.1) is 0 Å². The third-order valence-electron chi connectivity index (χ3n) is 2.35. The maximum atomic E-state index is 11.2. The van der Waals surface area contributed by atoms with Gasteiger partial charge in [0.1, 0.15) is 0 Å². The molecular weight excluding hydrogens is 194 g/mol. The van der Waals surface area contributed by atoms with Crippen molar-refractivity contribution in [1.82, 2.24) is 15.5 Å². The summed E-state index contributed by atoms with van der Waals surface area (Å²) >= 11 is 0. The van der Waals surface area contributed by atoms with Crippen LogP contribution in [0.3, 0.4) is 0 Å². The number of carbonyl (C=O) groups is 2. The molecule has 0 heterocycles. The summed E-state index contributed by atoms with van der Waals surface area (Å²) in [6, 6.07) is 0. The highest BCUT2D eigenvalue weighted by Gasteiger charge is 2.21. The zero-order chi connectivity index (χ0) is 11.3. The first-order valence-corrected chi connectivity index (χ1v) is 5.27. The molecule has 0 aromatic rings. The lowest BCUT2D eigenvalue weighted by atomic mass is 10.4. The number of nitrogens with one attached hydrogen (secondary N) is 2. The lowest BCUT2D eigenvalue weighted by Gasteiger charge is -2.10. The first-order chi connectivity index (χ1) is 7.09. The normalized spacial score (nSPS) is 14.8. The molecule has 2 amide bonds. The van der Waals surface area contributed by atoms with Crippen LogP contribution in [0.5, 0.6) is 0 Å². The molecule has 1 aliphatic rings. The predicted octanol–water partition coefficient (Wildman–Crippen LogP) is -0.810. The monoisotopic (exact) mass is 213 g/mol. The molecule has 5 nitrogen and oxygen atoms in total. The molecular formula is C10H19N3O2. The quantitative estimate of drug-likeness (QED) is 0.606. The molecule has 0 aliphatic heterocycles. The molecule has 1 fully saturated rings. The summed E-state index contributed by atoms with van der Waals surface area (Å²) in [5, 5.41) is 5.63. The molecule has 1 saturated carbocycles. The summed E-state index contributed by atoms with van der Waals surface area (Å²) in [5.41, 5.74) is 0. The lowest BCUT2D eigenvalue weighted by molar-refractivity contribution is -0.127. The van der Waals surface area contributed by atoms with Gasteiger partial charge in [0.05, 0.1) is 13.1 Å². The van der Waals surface area contributed by atoms with Crippen molar-refractivity contribution in [3.63, 3.8) is 0 Å². The highest BCUT2D eigenvalue weighted by Crippen LogP contribution is 2.27. The summed E-state index contributed by atoms with van der Waals surface area (Å²) in [4.78, 5) is 23.9. The summed E-state index contributed by atoms with van der Waals surface area (Å²) < 4.78 is 0. The predicted molar refractivity (Wildman–Crippen MR) is 57.3 cm³/mol. The molecule has 0 aromatic carbocycles. The van der Waals surface area contributed by atoms with E-state index in [0.717, 1.165) is 6.54 Å². The minimum atomic E-state index is -0.0338. The molecule has 0 radical (unpaired) electrons.